The van der Waals surface area contributed by atoms with Crippen molar-refractivity contribution < 1.29 is 33.3 Å². The number of epoxide rings is 3. The maximum absolute atomic E-state index is 13.9. The summed E-state index contributed by atoms with van der Waals surface area (Å²) in [5.74, 6) is 0.858. The van der Waals surface area contributed by atoms with Crippen molar-refractivity contribution in [2.75, 3.05) is 6.61 Å². The van der Waals surface area contributed by atoms with E-state index in [1.54, 1.807) is 0 Å². The maximum Gasteiger partial charge on any atom is 0.408 e. The van der Waals surface area contributed by atoms with Crippen LogP contribution >= 0.6 is 0 Å². The zero-order chi connectivity index (χ0) is 26.8. The van der Waals surface area contributed by atoms with Gasteiger partial charge in [-0.15, -0.1) is 0 Å². The first kappa shape index (κ1) is 23.0. The van der Waals surface area contributed by atoms with Gasteiger partial charge in [0.1, 0.15) is 30.0 Å². The maximum atomic E-state index is 13.9. The summed E-state index contributed by atoms with van der Waals surface area (Å²) in [6.45, 7) is 11.8. The van der Waals surface area contributed by atoms with Crippen LogP contribution < -0.4 is 5.32 Å². The Hall–Kier alpha value is -1.64. The molecule has 0 radical (unpaired) electrons. The topological polar surface area (TPSA) is 102 Å². The standard InChI is InChI=1S/C31H39NO7/c1-14(2)29-20(38-29)21-31(39-21)27(5)7-6-16-17(11-35-22(16)33)18(27)8-19-30(31,37-19)23(29)36-24(34)32-28-10-15-9-26(28,4)12-25(15,3)13-28/h14-15,18-21,23H,6-13H2,1-5H3,(H,32,34)/t15?,18-,19-,20-,21-,23+,25?,26?,27-,28?,29-,30+,31+/m0/s1. The monoisotopic (exact) mass is 537 g/mol. The SMILES string of the molecule is CC(C)[C@]12O[C@H]1[C@@H]1O[C@]13[C@]1(O[C@H]1C[C@H]1C4=C(CC[C@@]13C)C(=O)OC4)[C@@H]2OC(=O)NC12CC3CC1(C)CC3(C)C2. The minimum atomic E-state index is -0.706. The van der Waals surface area contributed by atoms with Gasteiger partial charge in [-0.3, -0.25) is 0 Å². The van der Waals surface area contributed by atoms with Crippen LogP contribution in [0, 0.1) is 34.0 Å². The fourth-order valence-corrected chi connectivity index (χ4v) is 12.9. The average molecular weight is 538 g/mol. The lowest BCUT2D eigenvalue weighted by atomic mass is 9.46. The molecule has 0 aromatic rings. The van der Waals surface area contributed by atoms with E-state index in [2.05, 4.69) is 39.9 Å². The van der Waals surface area contributed by atoms with Gasteiger partial charge in [0.25, 0.3) is 0 Å². The molecule has 9 fully saturated rings. The molecule has 13 atom stereocenters. The number of fused-ring (bicyclic) bond motifs is 4. The number of carbonyl (C=O) groups excluding carboxylic acids is 2. The van der Waals surface area contributed by atoms with E-state index in [9.17, 15) is 9.59 Å². The van der Waals surface area contributed by atoms with Crippen LogP contribution in [0.1, 0.15) is 79.6 Å². The number of amides is 1. The van der Waals surface area contributed by atoms with E-state index < -0.39 is 22.9 Å². The van der Waals surface area contributed by atoms with Crippen molar-refractivity contribution in [1.82, 2.24) is 5.32 Å². The van der Waals surface area contributed by atoms with E-state index in [1.807, 2.05) is 0 Å². The Bertz CT molecular complexity index is 1340. The molecule has 11 rings (SSSR count). The number of nitrogens with one attached hydrogen (secondary N) is 1. The van der Waals surface area contributed by atoms with Crippen LogP contribution in [0.3, 0.4) is 0 Å². The van der Waals surface area contributed by atoms with Crippen LogP contribution in [0.2, 0.25) is 0 Å². The predicted octanol–water partition coefficient (Wildman–Crippen LogP) is 3.81. The summed E-state index contributed by atoms with van der Waals surface area (Å²) in [4.78, 5) is 26.4. The van der Waals surface area contributed by atoms with E-state index in [1.165, 1.54) is 12.8 Å². The summed E-state index contributed by atoms with van der Waals surface area (Å²) in [5, 5.41) is 3.47. The third-order valence-electron chi connectivity index (χ3n) is 14.6. The molecule has 8 heteroatoms. The largest absolute Gasteiger partial charge is 0.458 e. The lowest BCUT2D eigenvalue weighted by molar-refractivity contribution is -0.136. The summed E-state index contributed by atoms with van der Waals surface area (Å²) in [6, 6.07) is 0. The van der Waals surface area contributed by atoms with E-state index in [0.717, 1.165) is 36.8 Å². The molecular formula is C31H39NO7. The minimum absolute atomic E-state index is 0.0733. The second-order valence-corrected chi connectivity index (χ2v) is 16.2. The molecule has 6 saturated carbocycles. The number of cyclic esters (lactones) is 1. The Labute approximate surface area is 228 Å². The van der Waals surface area contributed by atoms with Gasteiger partial charge in [0.15, 0.2) is 11.7 Å². The molecule has 210 valence electrons. The first-order chi connectivity index (χ1) is 18.4. The predicted molar refractivity (Wildman–Crippen MR) is 135 cm³/mol. The Morgan fingerprint density at radius 1 is 1.08 bits per heavy atom. The van der Waals surface area contributed by atoms with Crippen molar-refractivity contribution in [3.63, 3.8) is 0 Å². The Balaban J connectivity index is 1.03. The van der Waals surface area contributed by atoms with E-state index in [4.69, 9.17) is 23.7 Å². The van der Waals surface area contributed by atoms with Crippen molar-refractivity contribution in [2.24, 2.45) is 34.0 Å². The van der Waals surface area contributed by atoms with Crippen molar-refractivity contribution in [2.45, 2.75) is 126 Å². The summed E-state index contributed by atoms with van der Waals surface area (Å²) in [7, 11) is 0. The molecule has 1 amide bonds. The first-order valence-corrected chi connectivity index (χ1v) is 15.3. The molecule has 8 nitrogen and oxygen atoms in total. The van der Waals surface area contributed by atoms with Crippen LogP contribution in [0.5, 0.6) is 0 Å². The summed E-state index contributed by atoms with van der Waals surface area (Å²) >= 11 is 0. The van der Waals surface area contributed by atoms with Gasteiger partial charge in [-0.1, -0.05) is 34.6 Å². The quantitative estimate of drug-likeness (QED) is 0.432. The second kappa shape index (κ2) is 5.96. The summed E-state index contributed by atoms with van der Waals surface area (Å²) < 4.78 is 32.3. The molecule has 0 aromatic heterocycles. The molecular weight excluding hydrogens is 498 g/mol. The second-order valence-electron chi connectivity index (χ2n) is 16.2. The number of carbonyl (C=O) groups is 2. The van der Waals surface area contributed by atoms with Gasteiger partial charge in [-0.2, -0.15) is 0 Å². The van der Waals surface area contributed by atoms with E-state index in [0.29, 0.717) is 24.4 Å². The van der Waals surface area contributed by atoms with Gasteiger partial charge in [0.05, 0.1) is 6.10 Å². The lowest BCUT2D eigenvalue weighted by Gasteiger charge is -2.53. The molecule has 4 unspecified atom stereocenters. The van der Waals surface area contributed by atoms with Crippen LogP contribution in [-0.2, 0) is 28.5 Å². The molecule has 1 N–H and O–H groups in total. The normalized spacial score (nSPS) is 63.1. The van der Waals surface area contributed by atoms with Crippen molar-refractivity contribution in [3.05, 3.63) is 11.1 Å². The highest BCUT2D eigenvalue weighted by Crippen LogP contribution is 2.83. The van der Waals surface area contributed by atoms with Crippen molar-refractivity contribution >= 4 is 12.1 Å². The van der Waals surface area contributed by atoms with E-state index in [-0.39, 0.29) is 58.6 Å². The fraction of sp³-hybridized carbons (Fsp3) is 0.871. The number of rotatable bonds is 3. The van der Waals surface area contributed by atoms with Gasteiger partial charge in [-0.25, -0.2) is 9.59 Å². The molecule has 4 aliphatic heterocycles. The Kier molecular flexibility index (Phi) is 3.51. The molecule has 7 aliphatic carbocycles. The Morgan fingerprint density at radius 3 is 2.56 bits per heavy atom. The number of hydrogen-bond donors (Lipinski definition) is 1. The lowest BCUT2D eigenvalue weighted by Crippen LogP contribution is -2.70. The zero-order valence-electron chi connectivity index (χ0n) is 23.6. The van der Waals surface area contributed by atoms with Gasteiger partial charge in [-0.05, 0) is 79.1 Å². The van der Waals surface area contributed by atoms with Crippen molar-refractivity contribution in [3.8, 4) is 0 Å². The van der Waals surface area contributed by atoms with E-state index >= 15 is 0 Å². The highest BCUT2D eigenvalue weighted by molar-refractivity contribution is 5.92. The molecule has 0 aromatic carbocycles. The average Bonchev–Trinajstić information content (AvgIpc) is 3.76. The molecule has 11 aliphatic rings. The summed E-state index contributed by atoms with van der Waals surface area (Å²) in [5.41, 5.74) is 0.220. The van der Waals surface area contributed by atoms with Crippen LogP contribution in [-0.4, -0.2) is 65.4 Å². The number of hydrogen-bond acceptors (Lipinski definition) is 7. The highest BCUT2D eigenvalue weighted by atomic mass is 16.8. The molecule has 39 heavy (non-hydrogen) atoms. The smallest absolute Gasteiger partial charge is 0.408 e. The summed E-state index contributed by atoms with van der Waals surface area (Å²) in [6.07, 6.45) is 5.71. The number of esters is 1. The number of ether oxygens (including phenoxy) is 5. The molecule has 4 heterocycles. The first-order valence-electron chi connectivity index (χ1n) is 15.3. The molecule has 2 spiro atoms. The third kappa shape index (κ3) is 2.06. The van der Waals surface area contributed by atoms with Gasteiger partial charge in [0.2, 0.25) is 0 Å². The van der Waals surface area contributed by atoms with Gasteiger partial charge >= 0.3 is 12.1 Å². The third-order valence-corrected chi connectivity index (χ3v) is 14.6. The molecule has 4 bridgehead atoms. The van der Waals surface area contributed by atoms with Crippen LogP contribution in [0.15, 0.2) is 11.1 Å². The fourth-order valence-electron chi connectivity index (χ4n) is 12.9. The van der Waals surface area contributed by atoms with Crippen LogP contribution in [0.25, 0.3) is 0 Å². The Morgan fingerprint density at radius 2 is 1.90 bits per heavy atom. The van der Waals surface area contributed by atoms with Crippen LogP contribution in [0.4, 0.5) is 4.79 Å². The zero-order valence-corrected chi connectivity index (χ0v) is 23.6. The highest BCUT2D eigenvalue weighted by Gasteiger charge is 3.01. The van der Waals surface area contributed by atoms with Gasteiger partial charge < -0.3 is 29.0 Å². The molecule has 3 saturated heterocycles. The minimum Gasteiger partial charge on any atom is -0.458 e. The van der Waals surface area contributed by atoms with Gasteiger partial charge in [0, 0.05) is 16.5 Å². The number of alkyl carbamates (subject to hydrolysis) is 1. The van der Waals surface area contributed by atoms with Crippen molar-refractivity contribution in [1.29, 1.82) is 0 Å².